The third-order valence-electron chi connectivity index (χ3n) is 4.50. The summed E-state index contributed by atoms with van der Waals surface area (Å²) in [6, 6.07) is 0. The number of aryl methyl sites for hydroxylation is 4. The maximum absolute atomic E-state index is 12.2. The molecule has 0 spiro atoms. The molecule has 24 heavy (non-hydrogen) atoms. The van der Waals surface area contributed by atoms with E-state index in [1.165, 1.54) is 4.68 Å². The van der Waals surface area contributed by atoms with E-state index in [2.05, 4.69) is 15.3 Å². The quantitative estimate of drug-likeness (QED) is 0.685. The van der Waals surface area contributed by atoms with Crippen LogP contribution < -0.4 is 5.69 Å². The van der Waals surface area contributed by atoms with E-state index in [9.17, 15) is 4.79 Å². The van der Waals surface area contributed by atoms with Gasteiger partial charge in [0.2, 0.25) is 0 Å². The van der Waals surface area contributed by atoms with E-state index < -0.39 is 0 Å². The first kappa shape index (κ1) is 14.9. The van der Waals surface area contributed by atoms with Gasteiger partial charge < -0.3 is 0 Å². The van der Waals surface area contributed by atoms with Gasteiger partial charge in [0.25, 0.3) is 0 Å². The summed E-state index contributed by atoms with van der Waals surface area (Å²) in [5.74, 6) is 2.67. The Morgan fingerprint density at radius 3 is 2.83 bits per heavy atom. The molecule has 1 aliphatic heterocycles. The molecule has 0 radical (unpaired) electrons. The third kappa shape index (κ3) is 2.27. The van der Waals surface area contributed by atoms with E-state index in [1.54, 1.807) is 22.5 Å². The van der Waals surface area contributed by atoms with Gasteiger partial charge in [0, 0.05) is 39.4 Å². The molecule has 4 rings (SSSR count). The minimum atomic E-state index is -0.0714. The fraction of sp³-hybridized carbons (Fsp3) is 0.533. The second-order valence-electron chi connectivity index (χ2n) is 6.19. The molecule has 0 saturated heterocycles. The average molecular weight is 328 g/mol. The van der Waals surface area contributed by atoms with E-state index in [0.29, 0.717) is 6.54 Å². The highest BCUT2D eigenvalue weighted by Crippen LogP contribution is 2.27. The van der Waals surface area contributed by atoms with Crippen molar-refractivity contribution in [3.05, 3.63) is 40.4 Å². The van der Waals surface area contributed by atoms with Crippen LogP contribution >= 0.6 is 0 Å². The molecule has 0 N–H and O–H groups in total. The van der Waals surface area contributed by atoms with Gasteiger partial charge in [-0.1, -0.05) is 6.92 Å². The molecular weight excluding hydrogens is 308 g/mol. The Labute approximate surface area is 138 Å². The summed E-state index contributed by atoms with van der Waals surface area (Å²) in [7, 11) is 3.57. The van der Waals surface area contributed by atoms with Crippen molar-refractivity contribution < 1.29 is 0 Å². The standard InChI is InChI=1S/C15H20N8O/c1-4-12-17-14(23(18-12)11-7-16-20(2)9-11)10-5-6-13-19-21(3)15(24)22(13)8-10/h7,9-10H,4-6,8H2,1-3H3. The van der Waals surface area contributed by atoms with Crippen LogP contribution in [0.5, 0.6) is 0 Å². The van der Waals surface area contributed by atoms with Crippen molar-refractivity contribution in [2.75, 3.05) is 0 Å². The Bertz CT molecular complexity index is 943. The maximum atomic E-state index is 12.2. The number of fused-ring (bicyclic) bond motifs is 1. The molecule has 0 aliphatic carbocycles. The molecule has 9 nitrogen and oxygen atoms in total. The summed E-state index contributed by atoms with van der Waals surface area (Å²) < 4.78 is 6.77. The SMILES string of the molecule is CCc1nc(C2CCc3nn(C)c(=O)n3C2)n(-c2cnn(C)c2)n1. The minimum Gasteiger partial charge on any atom is -0.278 e. The lowest BCUT2D eigenvalue weighted by molar-refractivity contribution is 0.426. The molecule has 0 bridgehead atoms. The molecule has 126 valence electrons. The lowest BCUT2D eigenvalue weighted by Crippen LogP contribution is -2.30. The van der Waals surface area contributed by atoms with Gasteiger partial charge in [0.05, 0.1) is 12.4 Å². The van der Waals surface area contributed by atoms with E-state index in [4.69, 9.17) is 4.98 Å². The predicted molar refractivity (Wildman–Crippen MR) is 86.0 cm³/mol. The van der Waals surface area contributed by atoms with Gasteiger partial charge in [-0.05, 0) is 6.42 Å². The number of aromatic nitrogens is 8. The first-order chi connectivity index (χ1) is 11.6. The number of nitrogens with zero attached hydrogens (tertiary/aromatic N) is 8. The second kappa shape index (κ2) is 5.43. The van der Waals surface area contributed by atoms with Crippen LogP contribution in [0, 0.1) is 0 Å². The highest BCUT2D eigenvalue weighted by Gasteiger charge is 2.28. The molecule has 3 aromatic rings. The molecular formula is C15H20N8O. The molecule has 1 atom stereocenters. The summed E-state index contributed by atoms with van der Waals surface area (Å²) >= 11 is 0. The van der Waals surface area contributed by atoms with E-state index in [-0.39, 0.29) is 11.6 Å². The number of rotatable bonds is 3. The highest BCUT2D eigenvalue weighted by molar-refractivity contribution is 5.27. The van der Waals surface area contributed by atoms with Crippen molar-refractivity contribution in [2.45, 2.75) is 38.6 Å². The zero-order valence-electron chi connectivity index (χ0n) is 14.0. The smallest absolute Gasteiger partial charge is 0.278 e. The van der Waals surface area contributed by atoms with Crippen LogP contribution in [0.4, 0.5) is 0 Å². The van der Waals surface area contributed by atoms with Gasteiger partial charge in [-0.15, -0.1) is 0 Å². The topological polar surface area (TPSA) is 88.4 Å². The Morgan fingerprint density at radius 1 is 1.29 bits per heavy atom. The fourth-order valence-electron chi connectivity index (χ4n) is 3.24. The Kier molecular flexibility index (Phi) is 3.36. The minimum absolute atomic E-state index is 0.0714. The molecule has 3 aromatic heterocycles. The van der Waals surface area contributed by atoms with Gasteiger partial charge in [-0.25, -0.2) is 19.1 Å². The van der Waals surface area contributed by atoms with Gasteiger partial charge in [-0.2, -0.15) is 15.3 Å². The molecule has 0 saturated carbocycles. The molecule has 0 aromatic carbocycles. The van der Waals surface area contributed by atoms with Gasteiger partial charge in [-0.3, -0.25) is 9.25 Å². The molecule has 4 heterocycles. The molecule has 0 fully saturated rings. The molecule has 1 unspecified atom stereocenters. The fourth-order valence-corrected chi connectivity index (χ4v) is 3.24. The van der Waals surface area contributed by atoms with Gasteiger partial charge >= 0.3 is 5.69 Å². The zero-order valence-corrected chi connectivity index (χ0v) is 14.0. The summed E-state index contributed by atoms with van der Waals surface area (Å²) in [5, 5.41) is 13.1. The first-order valence-corrected chi connectivity index (χ1v) is 8.14. The average Bonchev–Trinajstić information content (AvgIpc) is 3.26. The van der Waals surface area contributed by atoms with Crippen LogP contribution in [0.3, 0.4) is 0 Å². The second-order valence-corrected chi connectivity index (χ2v) is 6.19. The lowest BCUT2D eigenvalue weighted by atomic mass is 9.98. The van der Waals surface area contributed by atoms with Crippen LogP contribution in [-0.2, 0) is 33.5 Å². The summed E-state index contributed by atoms with van der Waals surface area (Å²) in [4.78, 5) is 16.9. The Hall–Kier alpha value is -2.71. The van der Waals surface area contributed by atoms with Crippen molar-refractivity contribution in [3.8, 4) is 5.69 Å². The molecule has 0 amide bonds. The van der Waals surface area contributed by atoms with Crippen molar-refractivity contribution in [1.82, 2.24) is 38.9 Å². The third-order valence-corrected chi connectivity index (χ3v) is 4.50. The van der Waals surface area contributed by atoms with Gasteiger partial charge in [0.15, 0.2) is 5.82 Å². The van der Waals surface area contributed by atoms with E-state index in [0.717, 1.165) is 42.4 Å². The summed E-state index contributed by atoms with van der Waals surface area (Å²) in [6.45, 7) is 2.63. The molecule has 9 heteroatoms. The normalized spacial score (nSPS) is 17.2. The van der Waals surface area contributed by atoms with Crippen molar-refractivity contribution in [3.63, 3.8) is 0 Å². The number of hydrogen-bond acceptors (Lipinski definition) is 5. The van der Waals surface area contributed by atoms with Crippen LogP contribution in [-0.4, -0.2) is 38.9 Å². The van der Waals surface area contributed by atoms with E-state index in [1.807, 2.05) is 24.9 Å². The monoisotopic (exact) mass is 328 g/mol. The number of hydrogen-bond donors (Lipinski definition) is 0. The summed E-state index contributed by atoms with van der Waals surface area (Å²) in [6.07, 6.45) is 6.13. The Balaban J connectivity index is 1.75. The maximum Gasteiger partial charge on any atom is 0.345 e. The van der Waals surface area contributed by atoms with Gasteiger partial charge in [0.1, 0.15) is 17.3 Å². The first-order valence-electron chi connectivity index (χ1n) is 8.14. The van der Waals surface area contributed by atoms with Crippen LogP contribution in [0.2, 0.25) is 0 Å². The van der Waals surface area contributed by atoms with Crippen molar-refractivity contribution in [2.24, 2.45) is 14.1 Å². The van der Waals surface area contributed by atoms with Crippen molar-refractivity contribution in [1.29, 1.82) is 0 Å². The van der Waals surface area contributed by atoms with Crippen LogP contribution in [0.25, 0.3) is 5.69 Å². The highest BCUT2D eigenvalue weighted by atomic mass is 16.2. The Morgan fingerprint density at radius 2 is 2.12 bits per heavy atom. The zero-order chi connectivity index (χ0) is 16.8. The van der Waals surface area contributed by atoms with Crippen LogP contribution in [0.1, 0.15) is 36.7 Å². The van der Waals surface area contributed by atoms with E-state index >= 15 is 0 Å². The lowest BCUT2D eigenvalue weighted by Gasteiger charge is -2.21. The molecule has 1 aliphatic rings. The largest absolute Gasteiger partial charge is 0.345 e. The predicted octanol–water partition coefficient (Wildman–Crippen LogP) is 0.188. The summed E-state index contributed by atoms with van der Waals surface area (Å²) in [5.41, 5.74) is 0.821. The van der Waals surface area contributed by atoms with Crippen LogP contribution in [0.15, 0.2) is 17.2 Å². The van der Waals surface area contributed by atoms with Crippen molar-refractivity contribution >= 4 is 0 Å².